The zero-order chi connectivity index (χ0) is 12.4. The smallest absolute Gasteiger partial charge is 0.0573 e. The molecule has 1 aliphatic carbocycles. The Hall–Kier alpha value is -1.60. The van der Waals surface area contributed by atoms with Gasteiger partial charge in [0.2, 0.25) is 0 Å². The lowest BCUT2D eigenvalue weighted by atomic mass is 10.0. The summed E-state index contributed by atoms with van der Waals surface area (Å²) in [6.45, 7) is 0. The van der Waals surface area contributed by atoms with Gasteiger partial charge in [0, 0.05) is 0 Å². The minimum Gasteiger partial charge on any atom is -0.393 e. The first-order chi connectivity index (χ1) is 8.83. The van der Waals surface area contributed by atoms with Crippen LogP contribution in [0.2, 0.25) is 0 Å². The number of hydrogen-bond donors (Lipinski definition) is 1. The fraction of sp³-hybridized carbons (Fsp3) is 0.294. The van der Waals surface area contributed by atoms with Gasteiger partial charge in [0.05, 0.1) is 6.10 Å². The molecule has 2 aromatic rings. The molecule has 1 fully saturated rings. The summed E-state index contributed by atoms with van der Waals surface area (Å²) in [6.07, 6.45) is 3.18. The van der Waals surface area contributed by atoms with E-state index in [4.69, 9.17) is 0 Å². The van der Waals surface area contributed by atoms with E-state index in [1.165, 1.54) is 16.7 Å². The van der Waals surface area contributed by atoms with Crippen molar-refractivity contribution in [1.29, 1.82) is 0 Å². The molecule has 18 heavy (non-hydrogen) atoms. The molecule has 1 saturated carbocycles. The Labute approximate surface area is 108 Å². The monoisotopic (exact) mass is 238 g/mol. The molecule has 0 bridgehead atoms. The Morgan fingerprint density at radius 2 is 1.50 bits per heavy atom. The standard InChI is InChI=1S/C17H18O/c18-17-12-16(17)11-8-13-6-9-15(10-7-13)14-4-2-1-3-5-14/h1-7,9-10,16-18H,8,11-12H2/t16-,17-/m0/s1. The molecule has 0 aromatic heterocycles. The normalized spacial score (nSPS) is 21.8. The van der Waals surface area contributed by atoms with Gasteiger partial charge in [0.1, 0.15) is 0 Å². The molecule has 0 unspecified atom stereocenters. The molecule has 1 heteroatoms. The molecule has 0 spiro atoms. The summed E-state index contributed by atoms with van der Waals surface area (Å²) in [4.78, 5) is 0. The third-order valence-electron chi connectivity index (χ3n) is 3.75. The van der Waals surface area contributed by atoms with Gasteiger partial charge in [-0.15, -0.1) is 0 Å². The van der Waals surface area contributed by atoms with E-state index < -0.39 is 0 Å². The first-order valence-corrected chi connectivity index (χ1v) is 6.65. The fourth-order valence-corrected chi connectivity index (χ4v) is 2.39. The Morgan fingerprint density at radius 1 is 0.889 bits per heavy atom. The molecule has 2 atom stereocenters. The molecular formula is C17H18O. The Kier molecular flexibility index (Phi) is 3.16. The number of aryl methyl sites for hydroxylation is 1. The van der Waals surface area contributed by atoms with E-state index in [1.807, 2.05) is 6.07 Å². The summed E-state index contributed by atoms with van der Waals surface area (Å²) >= 11 is 0. The van der Waals surface area contributed by atoms with Gasteiger partial charge in [0.25, 0.3) is 0 Å². The highest BCUT2D eigenvalue weighted by molar-refractivity contribution is 5.63. The molecule has 0 heterocycles. The zero-order valence-corrected chi connectivity index (χ0v) is 10.4. The molecule has 1 aliphatic rings. The number of aliphatic hydroxyl groups is 1. The summed E-state index contributed by atoms with van der Waals surface area (Å²) in [5, 5.41) is 9.30. The van der Waals surface area contributed by atoms with Crippen LogP contribution in [0.4, 0.5) is 0 Å². The molecule has 1 nitrogen and oxygen atoms in total. The van der Waals surface area contributed by atoms with Gasteiger partial charge in [-0.1, -0.05) is 54.6 Å². The van der Waals surface area contributed by atoms with Crippen molar-refractivity contribution in [2.24, 2.45) is 5.92 Å². The van der Waals surface area contributed by atoms with Gasteiger partial charge in [0.15, 0.2) is 0 Å². The minimum absolute atomic E-state index is 0.0198. The molecular weight excluding hydrogens is 220 g/mol. The average molecular weight is 238 g/mol. The minimum atomic E-state index is -0.0198. The van der Waals surface area contributed by atoms with Crippen molar-refractivity contribution < 1.29 is 5.11 Å². The van der Waals surface area contributed by atoms with Crippen LogP contribution >= 0.6 is 0 Å². The number of benzene rings is 2. The van der Waals surface area contributed by atoms with Gasteiger partial charge < -0.3 is 5.11 Å². The molecule has 3 rings (SSSR count). The van der Waals surface area contributed by atoms with Crippen molar-refractivity contribution in [1.82, 2.24) is 0 Å². The van der Waals surface area contributed by atoms with Gasteiger partial charge in [-0.25, -0.2) is 0 Å². The van der Waals surface area contributed by atoms with Crippen LogP contribution < -0.4 is 0 Å². The fourth-order valence-electron chi connectivity index (χ4n) is 2.39. The van der Waals surface area contributed by atoms with Crippen LogP contribution in [0.1, 0.15) is 18.4 Å². The maximum atomic E-state index is 9.30. The van der Waals surface area contributed by atoms with Crippen LogP contribution in [-0.2, 0) is 6.42 Å². The third-order valence-corrected chi connectivity index (χ3v) is 3.75. The van der Waals surface area contributed by atoms with Crippen LogP contribution in [0.5, 0.6) is 0 Å². The highest BCUT2D eigenvalue weighted by Gasteiger charge is 2.34. The van der Waals surface area contributed by atoms with E-state index in [0.717, 1.165) is 19.3 Å². The second-order valence-electron chi connectivity index (χ2n) is 5.16. The maximum Gasteiger partial charge on any atom is 0.0573 e. The van der Waals surface area contributed by atoms with E-state index in [-0.39, 0.29) is 6.10 Å². The zero-order valence-electron chi connectivity index (χ0n) is 10.4. The van der Waals surface area contributed by atoms with Gasteiger partial charge in [-0.05, 0) is 41.9 Å². The van der Waals surface area contributed by atoms with Crippen LogP contribution in [-0.4, -0.2) is 11.2 Å². The van der Waals surface area contributed by atoms with Crippen LogP contribution in [0.3, 0.4) is 0 Å². The van der Waals surface area contributed by atoms with Crippen molar-refractivity contribution >= 4 is 0 Å². The molecule has 1 N–H and O–H groups in total. The second-order valence-corrected chi connectivity index (χ2v) is 5.16. The molecule has 2 aromatic carbocycles. The van der Waals surface area contributed by atoms with Crippen LogP contribution in [0.15, 0.2) is 54.6 Å². The van der Waals surface area contributed by atoms with Crippen molar-refractivity contribution in [3.63, 3.8) is 0 Å². The Bertz CT molecular complexity index is 501. The van der Waals surface area contributed by atoms with Crippen molar-refractivity contribution in [2.75, 3.05) is 0 Å². The van der Waals surface area contributed by atoms with Crippen molar-refractivity contribution in [2.45, 2.75) is 25.4 Å². The van der Waals surface area contributed by atoms with Crippen LogP contribution in [0, 0.1) is 5.92 Å². The van der Waals surface area contributed by atoms with E-state index in [1.54, 1.807) is 0 Å². The molecule has 0 saturated heterocycles. The lowest BCUT2D eigenvalue weighted by Gasteiger charge is -2.04. The van der Waals surface area contributed by atoms with Gasteiger partial charge in [-0.2, -0.15) is 0 Å². The summed E-state index contributed by atoms with van der Waals surface area (Å²) < 4.78 is 0. The topological polar surface area (TPSA) is 20.2 Å². The quantitative estimate of drug-likeness (QED) is 0.861. The van der Waals surface area contributed by atoms with Gasteiger partial charge >= 0.3 is 0 Å². The lowest BCUT2D eigenvalue weighted by molar-refractivity contribution is 0.257. The highest BCUT2D eigenvalue weighted by atomic mass is 16.3. The van der Waals surface area contributed by atoms with E-state index in [2.05, 4.69) is 48.5 Å². The lowest BCUT2D eigenvalue weighted by Crippen LogP contribution is -1.90. The van der Waals surface area contributed by atoms with E-state index >= 15 is 0 Å². The van der Waals surface area contributed by atoms with E-state index in [9.17, 15) is 5.11 Å². The number of aliphatic hydroxyl groups excluding tert-OH is 1. The largest absolute Gasteiger partial charge is 0.393 e. The summed E-state index contributed by atoms with van der Waals surface area (Å²) in [5.74, 6) is 0.554. The van der Waals surface area contributed by atoms with Crippen molar-refractivity contribution in [3.05, 3.63) is 60.2 Å². The average Bonchev–Trinajstić information content (AvgIpc) is 3.14. The summed E-state index contributed by atoms with van der Waals surface area (Å²) in [5.41, 5.74) is 3.90. The van der Waals surface area contributed by atoms with Gasteiger partial charge in [-0.3, -0.25) is 0 Å². The predicted molar refractivity (Wildman–Crippen MR) is 74.3 cm³/mol. The summed E-state index contributed by atoms with van der Waals surface area (Å²) in [7, 11) is 0. The molecule has 0 radical (unpaired) electrons. The second kappa shape index (κ2) is 4.95. The van der Waals surface area contributed by atoms with Crippen molar-refractivity contribution in [3.8, 4) is 11.1 Å². The first kappa shape index (κ1) is 11.5. The molecule has 0 amide bonds. The predicted octanol–water partition coefficient (Wildman–Crippen LogP) is 3.67. The van der Waals surface area contributed by atoms with Crippen LogP contribution in [0.25, 0.3) is 11.1 Å². The Morgan fingerprint density at radius 3 is 2.11 bits per heavy atom. The third kappa shape index (κ3) is 2.62. The Balaban J connectivity index is 1.65. The molecule has 92 valence electrons. The summed E-state index contributed by atoms with van der Waals surface area (Å²) in [6, 6.07) is 19.2. The number of rotatable bonds is 4. The SMILES string of the molecule is O[C@H]1C[C@@H]1CCc1ccc(-c2ccccc2)cc1. The van der Waals surface area contributed by atoms with E-state index in [0.29, 0.717) is 5.92 Å². The number of hydrogen-bond acceptors (Lipinski definition) is 1. The highest BCUT2D eigenvalue weighted by Crippen LogP contribution is 2.34. The first-order valence-electron chi connectivity index (χ1n) is 6.65. The molecule has 0 aliphatic heterocycles. The maximum absolute atomic E-state index is 9.30.